The van der Waals surface area contributed by atoms with E-state index in [-0.39, 0.29) is 5.91 Å². The molecular weight excluding hydrogens is 224 g/mol. The lowest BCUT2D eigenvalue weighted by atomic mass is 10.1. The number of carbonyl (C=O) groups excluding carboxylic acids is 1. The monoisotopic (exact) mass is 240 g/mol. The molecule has 1 heterocycles. The number of rotatable bonds is 4. The lowest BCUT2D eigenvalue weighted by Gasteiger charge is -2.06. The molecule has 18 heavy (non-hydrogen) atoms. The van der Waals surface area contributed by atoms with Crippen molar-refractivity contribution in [3.63, 3.8) is 0 Å². The van der Waals surface area contributed by atoms with Gasteiger partial charge in [0.1, 0.15) is 5.69 Å². The molecule has 1 aromatic carbocycles. The molecule has 0 unspecified atom stereocenters. The topological polar surface area (TPSA) is 42.0 Å². The van der Waals surface area contributed by atoms with E-state index in [4.69, 9.17) is 0 Å². The molecule has 0 bridgehead atoms. The second kappa shape index (κ2) is 5.96. The first-order valence-electron chi connectivity index (χ1n) is 6.06. The minimum Gasteiger partial charge on any atom is -0.347 e. The maximum absolute atomic E-state index is 11.8. The zero-order valence-electron chi connectivity index (χ0n) is 10.4. The standard InChI is InChI=1S/C15H16N2O/c1-2-12-6-5-7-13(10-12)11-17-15(18)14-8-3-4-9-16-14/h3-10H,2,11H2,1H3,(H,17,18). The molecule has 0 aliphatic heterocycles. The molecule has 0 aliphatic rings. The normalized spacial score (nSPS) is 10.1. The summed E-state index contributed by atoms with van der Waals surface area (Å²) in [5, 5.41) is 2.87. The Hall–Kier alpha value is -2.16. The molecule has 0 saturated carbocycles. The summed E-state index contributed by atoms with van der Waals surface area (Å²) < 4.78 is 0. The number of nitrogens with zero attached hydrogens (tertiary/aromatic N) is 1. The highest BCUT2D eigenvalue weighted by atomic mass is 16.1. The molecule has 0 atom stereocenters. The smallest absolute Gasteiger partial charge is 0.270 e. The lowest BCUT2D eigenvalue weighted by molar-refractivity contribution is 0.0946. The second-order valence-electron chi connectivity index (χ2n) is 4.07. The first-order chi connectivity index (χ1) is 8.79. The van der Waals surface area contributed by atoms with Gasteiger partial charge in [-0.15, -0.1) is 0 Å². The van der Waals surface area contributed by atoms with Crippen LogP contribution in [0.15, 0.2) is 48.7 Å². The molecule has 3 heteroatoms. The highest BCUT2D eigenvalue weighted by molar-refractivity contribution is 5.92. The molecule has 0 spiro atoms. The van der Waals surface area contributed by atoms with Gasteiger partial charge >= 0.3 is 0 Å². The molecular formula is C15H16N2O. The van der Waals surface area contributed by atoms with Crippen LogP contribution in [0.2, 0.25) is 0 Å². The molecule has 0 aliphatic carbocycles. The summed E-state index contributed by atoms with van der Waals surface area (Å²) in [6, 6.07) is 13.5. The van der Waals surface area contributed by atoms with E-state index in [1.165, 1.54) is 5.56 Å². The average Bonchev–Trinajstić information content (AvgIpc) is 2.46. The van der Waals surface area contributed by atoms with Crippen molar-refractivity contribution in [3.8, 4) is 0 Å². The van der Waals surface area contributed by atoms with Crippen molar-refractivity contribution in [2.75, 3.05) is 0 Å². The van der Waals surface area contributed by atoms with Crippen LogP contribution < -0.4 is 5.32 Å². The van der Waals surface area contributed by atoms with Gasteiger partial charge in [-0.05, 0) is 29.7 Å². The Balaban J connectivity index is 1.97. The van der Waals surface area contributed by atoms with Crippen molar-refractivity contribution in [2.45, 2.75) is 19.9 Å². The Morgan fingerprint density at radius 1 is 1.17 bits per heavy atom. The van der Waals surface area contributed by atoms with Gasteiger partial charge in [0, 0.05) is 12.7 Å². The summed E-state index contributed by atoms with van der Waals surface area (Å²) in [7, 11) is 0. The van der Waals surface area contributed by atoms with Crippen LogP contribution in [0.25, 0.3) is 0 Å². The van der Waals surface area contributed by atoms with Gasteiger partial charge in [-0.2, -0.15) is 0 Å². The molecule has 0 radical (unpaired) electrons. The van der Waals surface area contributed by atoms with E-state index in [1.807, 2.05) is 12.1 Å². The summed E-state index contributed by atoms with van der Waals surface area (Å²) in [4.78, 5) is 15.8. The van der Waals surface area contributed by atoms with Crippen LogP contribution in [0.5, 0.6) is 0 Å². The van der Waals surface area contributed by atoms with E-state index in [1.54, 1.807) is 24.4 Å². The molecule has 0 fully saturated rings. The van der Waals surface area contributed by atoms with Crippen LogP contribution in [0, 0.1) is 0 Å². The van der Waals surface area contributed by atoms with Crippen LogP contribution in [0.3, 0.4) is 0 Å². The van der Waals surface area contributed by atoms with Crippen LogP contribution >= 0.6 is 0 Å². The fourth-order valence-corrected chi connectivity index (χ4v) is 1.73. The second-order valence-corrected chi connectivity index (χ2v) is 4.07. The van der Waals surface area contributed by atoms with E-state index in [0.29, 0.717) is 12.2 Å². The highest BCUT2D eigenvalue weighted by Crippen LogP contribution is 2.06. The highest BCUT2D eigenvalue weighted by Gasteiger charge is 2.05. The Bertz CT molecular complexity index is 523. The van der Waals surface area contributed by atoms with Crippen LogP contribution in [0.4, 0.5) is 0 Å². The van der Waals surface area contributed by atoms with E-state index >= 15 is 0 Å². The van der Waals surface area contributed by atoms with Gasteiger partial charge in [-0.1, -0.05) is 37.3 Å². The predicted octanol–water partition coefficient (Wildman–Crippen LogP) is 2.57. The molecule has 3 nitrogen and oxygen atoms in total. The van der Waals surface area contributed by atoms with Crippen molar-refractivity contribution in [1.29, 1.82) is 0 Å². The SMILES string of the molecule is CCc1cccc(CNC(=O)c2ccccn2)c1. The Kier molecular flexibility index (Phi) is 4.07. The maximum Gasteiger partial charge on any atom is 0.270 e. The summed E-state index contributed by atoms with van der Waals surface area (Å²) >= 11 is 0. The van der Waals surface area contributed by atoms with E-state index < -0.39 is 0 Å². The molecule has 1 N–H and O–H groups in total. The van der Waals surface area contributed by atoms with Gasteiger partial charge in [-0.3, -0.25) is 9.78 Å². The van der Waals surface area contributed by atoms with Crippen molar-refractivity contribution >= 4 is 5.91 Å². The number of benzene rings is 1. The van der Waals surface area contributed by atoms with Gasteiger partial charge in [0.2, 0.25) is 0 Å². The van der Waals surface area contributed by atoms with Gasteiger partial charge in [0.25, 0.3) is 5.91 Å². The third-order valence-corrected chi connectivity index (χ3v) is 2.75. The summed E-state index contributed by atoms with van der Waals surface area (Å²) in [6.45, 7) is 2.65. The minimum absolute atomic E-state index is 0.141. The molecule has 92 valence electrons. The molecule has 1 amide bonds. The molecule has 2 rings (SSSR count). The fraction of sp³-hybridized carbons (Fsp3) is 0.200. The van der Waals surface area contributed by atoms with Crippen LogP contribution in [0.1, 0.15) is 28.5 Å². The Morgan fingerprint density at radius 3 is 2.72 bits per heavy atom. The average molecular weight is 240 g/mol. The number of carbonyl (C=O) groups is 1. The maximum atomic E-state index is 11.8. The summed E-state index contributed by atoms with van der Waals surface area (Å²) in [6.07, 6.45) is 2.62. The van der Waals surface area contributed by atoms with Gasteiger partial charge in [0.15, 0.2) is 0 Å². The van der Waals surface area contributed by atoms with E-state index in [9.17, 15) is 4.79 Å². The van der Waals surface area contributed by atoms with Crippen LogP contribution in [-0.2, 0) is 13.0 Å². The quantitative estimate of drug-likeness (QED) is 0.892. The molecule has 2 aromatic rings. The number of amides is 1. The zero-order chi connectivity index (χ0) is 12.8. The van der Waals surface area contributed by atoms with E-state index in [2.05, 4.69) is 29.4 Å². The first kappa shape index (κ1) is 12.3. The minimum atomic E-state index is -0.141. The summed E-state index contributed by atoms with van der Waals surface area (Å²) in [5.41, 5.74) is 2.84. The number of hydrogen-bond acceptors (Lipinski definition) is 2. The number of pyridine rings is 1. The van der Waals surface area contributed by atoms with Crippen molar-refractivity contribution in [2.24, 2.45) is 0 Å². The van der Waals surface area contributed by atoms with Gasteiger partial charge in [-0.25, -0.2) is 0 Å². The number of aromatic nitrogens is 1. The summed E-state index contributed by atoms with van der Waals surface area (Å²) in [5.74, 6) is -0.141. The third-order valence-electron chi connectivity index (χ3n) is 2.75. The van der Waals surface area contributed by atoms with Crippen molar-refractivity contribution < 1.29 is 4.79 Å². The van der Waals surface area contributed by atoms with Gasteiger partial charge < -0.3 is 5.32 Å². The fourth-order valence-electron chi connectivity index (χ4n) is 1.73. The predicted molar refractivity (Wildman–Crippen MR) is 71.2 cm³/mol. The third kappa shape index (κ3) is 3.17. The van der Waals surface area contributed by atoms with Gasteiger partial charge in [0.05, 0.1) is 0 Å². The lowest BCUT2D eigenvalue weighted by Crippen LogP contribution is -2.23. The molecule has 1 aromatic heterocycles. The first-order valence-corrected chi connectivity index (χ1v) is 6.06. The van der Waals surface area contributed by atoms with Crippen molar-refractivity contribution in [3.05, 3.63) is 65.5 Å². The zero-order valence-corrected chi connectivity index (χ0v) is 10.4. The molecule has 0 saturated heterocycles. The number of aryl methyl sites for hydroxylation is 1. The van der Waals surface area contributed by atoms with Crippen molar-refractivity contribution in [1.82, 2.24) is 10.3 Å². The largest absolute Gasteiger partial charge is 0.347 e. The van der Waals surface area contributed by atoms with Crippen LogP contribution in [-0.4, -0.2) is 10.9 Å². The van der Waals surface area contributed by atoms with E-state index in [0.717, 1.165) is 12.0 Å². The Labute approximate surface area is 107 Å². The Morgan fingerprint density at radius 2 is 2.00 bits per heavy atom. The number of nitrogens with one attached hydrogen (secondary N) is 1. The number of hydrogen-bond donors (Lipinski definition) is 1.